The molecule has 0 radical (unpaired) electrons. The number of methoxy groups -OCH3 is 7. The van der Waals surface area contributed by atoms with Crippen molar-refractivity contribution in [2.45, 2.75) is 126 Å². The lowest BCUT2D eigenvalue weighted by Crippen LogP contribution is -2.34. The predicted octanol–water partition coefficient (Wildman–Crippen LogP) is 17.3. The van der Waals surface area contributed by atoms with Crippen LogP contribution in [0.5, 0.6) is 69.0 Å². The largest absolute Gasteiger partial charge is 0.504 e. The van der Waals surface area contributed by atoms with E-state index in [0.29, 0.717) is 87.0 Å². The van der Waals surface area contributed by atoms with Crippen LogP contribution in [0.2, 0.25) is 0 Å². The fraction of sp³-hybridized carbons (Fsp3) is 0.344. The first kappa shape index (κ1) is 97.6. The highest BCUT2D eigenvalue weighted by atomic mass is 79.9. The van der Waals surface area contributed by atoms with Crippen LogP contribution in [0.4, 0.5) is 0 Å². The summed E-state index contributed by atoms with van der Waals surface area (Å²) in [5.41, 5.74) is 16.1. The third-order valence-electron chi connectivity index (χ3n) is 19.6. The van der Waals surface area contributed by atoms with Crippen LogP contribution in [0.15, 0.2) is 201 Å². The van der Waals surface area contributed by atoms with Gasteiger partial charge in [0.05, 0.1) is 49.8 Å². The van der Waals surface area contributed by atoms with Gasteiger partial charge in [-0.05, 0) is 162 Å². The molecule has 0 atom stereocenters. The Morgan fingerprint density at radius 2 is 0.785 bits per heavy atom. The lowest BCUT2D eigenvalue weighted by Gasteiger charge is -2.30. The summed E-state index contributed by atoms with van der Waals surface area (Å²) < 4.78 is 64.4. The van der Waals surface area contributed by atoms with Crippen molar-refractivity contribution in [1.82, 2.24) is 31.5 Å². The van der Waals surface area contributed by atoms with Crippen molar-refractivity contribution in [3.8, 4) is 69.0 Å². The maximum atomic E-state index is 11.8. The van der Waals surface area contributed by atoms with Crippen LogP contribution in [-0.2, 0) is 106 Å². The Morgan fingerprint density at radius 3 is 1.26 bits per heavy atom. The Labute approximate surface area is 739 Å². The number of phenolic OH excluding ortho intramolecular Hbond substituents is 1. The molecule has 0 saturated heterocycles. The molecule has 0 saturated carbocycles. The number of hydrogen-bond acceptors (Lipinski definition) is 19. The Balaban J connectivity index is 0.000000200. The molecule has 10 aromatic rings. The van der Waals surface area contributed by atoms with Gasteiger partial charge >= 0.3 is 0 Å². The van der Waals surface area contributed by atoms with Crippen molar-refractivity contribution in [3.63, 3.8) is 0 Å². The van der Waals surface area contributed by atoms with E-state index in [1.165, 1.54) is 47.2 Å². The van der Waals surface area contributed by atoms with Crippen LogP contribution in [0.3, 0.4) is 0 Å². The van der Waals surface area contributed by atoms with E-state index in [1.807, 2.05) is 189 Å². The molecule has 3 amide bonds. The van der Waals surface area contributed by atoms with E-state index < -0.39 is 0 Å². The zero-order chi connectivity index (χ0) is 87.4. The average molecular weight is 1850 g/mol. The van der Waals surface area contributed by atoms with Crippen molar-refractivity contribution < 1.29 is 76.7 Å². The number of halogens is 3. The number of ether oxygens (including phenoxy) is 11. The van der Waals surface area contributed by atoms with Crippen LogP contribution in [0.1, 0.15) is 113 Å². The van der Waals surface area contributed by atoms with Gasteiger partial charge in [-0.25, -0.2) is 0 Å². The fourth-order valence-corrected chi connectivity index (χ4v) is 15.2. The molecule has 0 aliphatic carbocycles. The summed E-state index contributed by atoms with van der Waals surface area (Å²) in [6, 6.07) is 61.7. The Hall–Kier alpha value is -10.5. The minimum Gasteiger partial charge on any atom is -0.504 e. The molecular formula is C96H117Br3N6O16. The van der Waals surface area contributed by atoms with Gasteiger partial charge in [-0.15, -0.1) is 0 Å². The van der Waals surface area contributed by atoms with Gasteiger partial charge in [-0.2, -0.15) is 0 Å². The van der Waals surface area contributed by atoms with Gasteiger partial charge in [-0.1, -0.05) is 201 Å². The number of aromatic hydroxyl groups is 1. The van der Waals surface area contributed by atoms with E-state index in [2.05, 4.69) is 92.6 Å². The number of hydrogen-bond donors (Lipinski definition) is 7. The number of aliphatic hydroxyl groups excluding tert-OH is 1. The van der Waals surface area contributed by atoms with Gasteiger partial charge in [0.25, 0.3) is 0 Å². The molecule has 0 aromatic heterocycles. The summed E-state index contributed by atoms with van der Waals surface area (Å²) in [5.74, 6) is 8.39. The standard InChI is InChI=1S/C19H20BrNO3.C18H20BrNO3.C18H21NO3.C17H18BrNO2.C11H15NO2.C10H13NO2.C2H6.CH4O/c1-13(22)21-9-8-15-16(11-21)19(18(23-2)10-17(15)20)24-12-14-6-4-3-5-7-14;1-13(21)20-9-8-15-10-18(17(22-2)11-16(15)19)23-12-14-6-4-3-5-7-14;1-14(20)19-11-10-15-8-9-17(21-2)18(12-15)22-13-16-6-4-3-5-7-16;1-20-16-9-15(18)13-7-8-19-10-14(13)17(16)21-11-12-5-3-2-4-6-12;1-13-10-4-3-8-5-6-12-7-9(8)11(10)14-2;1-13-9-3-2-7-4-5-11-6-8(7)10(9)12;2*1-2/h3-7,10H,8-9,11-12H2,1-2H3;3-7,10-11H,8-9,12H2,1-2H3,(H,20,21);3-9,12H,10-11,13H2,1-2H3,(H,19,20);2-6,9,19H,7-8,10-11H2,1H3;3-4,12H,5-7H2,1-2H3;2-3,11-12H,4-6H2,1H3;1-2H3;2H,1H3. The van der Waals surface area contributed by atoms with E-state index >= 15 is 0 Å². The molecule has 0 spiro atoms. The van der Waals surface area contributed by atoms with Crippen molar-refractivity contribution in [2.75, 3.05) is 96.1 Å². The van der Waals surface area contributed by atoms with Crippen LogP contribution in [0.25, 0.3) is 0 Å². The molecule has 7 N–H and O–H groups in total. The third kappa shape index (κ3) is 30.3. The quantitative estimate of drug-likeness (QED) is 0.0281. The summed E-state index contributed by atoms with van der Waals surface area (Å²) in [5, 5.41) is 32.3. The number of nitrogens with zero attached hydrogens (tertiary/aromatic N) is 1. The van der Waals surface area contributed by atoms with Crippen molar-refractivity contribution >= 4 is 65.5 Å². The molecule has 648 valence electrons. The predicted molar refractivity (Wildman–Crippen MR) is 488 cm³/mol. The Bertz CT molecular complexity index is 4830. The fourth-order valence-electron chi connectivity index (χ4n) is 13.4. The lowest BCUT2D eigenvalue weighted by atomic mass is 9.98. The van der Waals surface area contributed by atoms with E-state index in [-0.39, 0.29) is 23.5 Å². The van der Waals surface area contributed by atoms with Gasteiger partial charge in [0.2, 0.25) is 17.7 Å². The average Bonchev–Trinajstić information content (AvgIpc) is 0.707. The maximum Gasteiger partial charge on any atom is 0.219 e. The SMILES string of the molecule is CC.CO.COc1cc(Br)c(CCNC(C)=O)cc1OCc1ccccc1.COc1cc(Br)c2c(c1OCc1ccccc1)CN(C(C)=O)CC2.COc1cc(Br)c2c(c1OCc1ccccc1)CNCC2.COc1ccc(CCNC(C)=O)cc1OCc1ccccc1.COc1ccc2c(c1O)CNCC2.COc1ccc2c(c1OC)CNCC2. The van der Waals surface area contributed by atoms with Crippen LogP contribution in [0, 0.1) is 0 Å². The lowest BCUT2D eigenvalue weighted by molar-refractivity contribution is -0.129. The second-order valence-corrected chi connectivity index (χ2v) is 30.1. The summed E-state index contributed by atoms with van der Waals surface area (Å²) in [6.45, 7) is 18.5. The molecule has 0 bridgehead atoms. The van der Waals surface area contributed by atoms with Crippen molar-refractivity contribution in [3.05, 3.63) is 279 Å². The molecule has 4 aliphatic rings. The summed E-state index contributed by atoms with van der Waals surface area (Å²) in [6.07, 6.45) is 5.32. The highest BCUT2D eigenvalue weighted by Crippen LogP contribution is 2.44. The molecule has 22 nitrogen and oxygen atoms in total. The summed E-state index contributed by atoms with van der Waals surface area (Å²) in [4.78, 5) is 35.5. The molecule has 0 fully saturated rings. The zero-order valence-electron chi connectivity index (χ0n) is 71.7. The topological polar surface area (TPSA) is 257 Å². The first-order valence-electron chi connectivity index (χ1n) is 40.3. The van der Waals surface area contributed by atoms with Gasteiger partial charge in [-0.3, -0.25) is 14.4 Å². The summed E-state index contributed by atoms with van der Waals surface area (Å²) in [7, 11) is 12.5. The molecule has 121 heavy (non-hydrogen) atoms. The zero-order valence-corrected chi connectivity index (χ0v) is 76.5. The number of amides is 3. The minimum absolute atomic E-state index is 0.0194. The number of phenols is 1. The molecule has 25 heteroatoms. The third-order valence-corrected chi connectivity index (χ3v) is 21.8. The smallest absolute Gasteiger partial charge is 0.219 e. The number of rotatable bonds is 25. The second-order valence-electron chi connectivity index (χ2n) is 27.5. The molecule has 4 aliphatic heterocycles. The first-order valence-corrected chi connectivity index (χ1v) is 42.6. The number of benzene rings is 10. The van der Waals surface area contributed by atoms with Crippen LogP contribution < -0.4 is 78.7 Å². The molecule has 4 heterocycles. The normalized spacial score (nSPS) is 12.2. The van der Waals surface area contributed by atoms with E-state index in [0.717, 1.165) is 172 Å². The number of nitrogens with one attached hydrogen (secondary N) is 5. The maximum absolute atomic E-state index is 11.8. The van der Waals surface area contributed by atoms with Crippen LogP contribution >= 0.6 is 47.8 Å². The highest BCUT2D eigenvalue weighted by molar-refractivity contribution is 9.11. The van der Waals surface area contributed by atoms with Gasteiger partial charge in [0, 0.05) is 109 Å². The first-order chi connectivity index (χ1) is 58.9. The monoisotopic (exact) mass is 1850 g/mol. The van der Waals surface area contributed by atoms with E-state index in [9.17, 15) is 19.5 Å². The molecule has 0 unspecified atom stereocenters. The van der Waals surface area contributed by atoms with Gasteiger partial charge in [0.15, 0.2) is 69.0 Å². The van der Waals surface area contributed by atoms with E-state index in [4.69, 9.17) is 57.2 Å². The van der Waals surface area contributed by atoms with Gasteiger partial charge < -0.3 is 93.8 Å². The molecule has 10 aromatic carbocycles. The van der Waals surface area contributed by atoms with Crippen LogP contribution in [-0.4, -0.2) is 129 Å². The van der Waals surface area contributed by atoms with Crippen molar-refractivity contribution in [2.24, 2.45) is 0 Å². The number of fused-ring (bicyclic) bond motifs is 4. The van der Waals surface area contributed by atoms with Crippen molar-refractivity contribution in [1.29, 1.82) is 0 Å². The van der Waals surface area contributed by atoms with Gasteiger partial charge in [0.1, 0.15) is 26.4 Å². The summed E-state index contributed by atoms with van der Waals surface area (Å²) >= 11 is 10.8. The molecule has 14 rings (SSSR count). The Morgan fingerprint density at radius 1 is 0.380 bits per heavy atom. The Kier molecular flexibility index (Phi) is 43.0. The van der Waals surface area contributed by atoms with E-state index in [1.54, 1.807) is 56.7 Å². The highest BCUT2D eigenvalue weighted by Gasteiger charge is 2.28. The number of aliphatic hydroxyl groups is 1. The number of carbonyl (C=O) groups is 3. The minimum atomic E-state index is -0.0322. The second kappa shape index (κ2) is 53.3. The number of carbonyl (C=O) groups excluding carboxylic acids is 3. The molecular weight excluding hydrogens is 1730 g/mol.